The molecule has 0 radical (unpaired) electrons. The van der Waals surface area contributed by atoms with Crippen LogP contribution in [0.2, 0.25) is 0 Å². The summed E-state index contributed by atoms with van der Waals surface area (Å²) in [6.07, 6.45) is 2.00. The molecule has 4 heteroatoms. The first-order valence-corrected chi connectivity index (χ1v) is 8.69. The fourth-order valence-corrected chi connectivity index (χ4v) is 2.57. The Kier molecular flexibility index (Phi) is 8.70. The van der Waals surface area contributed by atoms with Crippen molar-refractivity contribution in [2.24, 2.45) is 5.92 Å². The summed E-state index contributed by atoms with van der Waals surface area (Å²) in [7, 11) is 4.07. The van der Waals surface area contributed by atoms with Crippen LogP contribution in [0.15, 0.2) is 30.3 Å². The van der Waals surface area contributed by atoms with E-state index in [9.17, 15) is 4.79 Å². The maximum atomic E-state index is 12.7. The lowest BCUT2D eigenvalue weighted by molar-refractivity contribution is 0.180. The summed E-state index contributed by atoms with van der Waals surface area (Å²) in [5, 5.41) is 3.23. The van der Waals surface area contributed by atoms with E-state index in [1.165, 1.54) is 5.56 Å². The van der Waals surface area contributed by atoms with Gasteiger partial charge in [0.15, 0.2) is 0 Å². The van der Waals surface area contributed by atoms with Crippen LogP contribution in [0.5, 0.6) is 0 Å². The number of amides is 2. The van der Waals surface area contributed by atoms with Gasteiger partial charge in [0.1, 0.15) is 0 Å². The summed E-state index contributed by atoms with van der Waals surface area (Å²) in [6.45, 7) is 8.87. The summed E-state index contributed by atoms with van der Waals surface area (Å²) >= 11 is 0. The van der Waals surface area contributed by atoms with Gasteiger partial charge >= 0.3 is 6.03 Å². The predicted molar refractivity (Wildman–Crippen MR) is 97.6 cm³/mol. The average molecular weight is 319 g/mol. The maximum Gasteiger partial charge on any atom is 0.317 e. The fraction of sp³-hybridized carbons (Fsp3) is 0.632. The Balaban J connectivity index is 2.76. The van der Waals surface area contributed by atoms with E-state index in [0.717, 1.165) is 32.5 Å². The van der Waals surface area contributed by atoms with Crippen LogP contribution in [0.3, 0.4) is 0 Å². The van der Waals surface area contributed by atoms with Crippen LogP contribution in [0.25, 0.3) is 0 Å². The van der Waals surface area contributed by atoms with Crippen LogP contribution in [-0.4, -0.2) is 49.6 Å². The number of carbonyl (C=O) groups is 1. The largest absolute Gasteiger partial charge is 0.331 e. The molecule has 1 unspecified atom stereocenters. The lowest BCUT2D eigenvalue weighted by atomic mass is 10.0. The van der Waals surface area contributed by atoms with Crippen molar-refractivity contribution in [1.29, 1.82) is 0 Å². The monoisotopic (exact) mass is 319 g/mol. The number of hydrogen-bond donors (Lipinski definition) is 1. The third-order valence-corrected chi connectivity index (χ3v) is 3.77. The van der Waals surface area contributed by atoms with Crippen LogP contribution < -0.4 is 5.32 Å². The number of rotatable bonds is 9. The van der Waals surface area contributed by atoms with Crippen molar-refractivity contribution in [3.8, 4) is 0 Å². The van der Waals surface area contributed by atoms with Gasteiger partial charge in [-0.25, -0.2) is 4.79 Å². The van der Waals surface area contributed by atoms with E-state index in [2.05, 4.69) is 43.1 Å². The molecular weight excluding hydrogens is 286 g/mol. The van der Waals surface area contributed by atoms with Crippen molar-refractivity contribution in [3.63, 3.8) is 0 Å². The van der Waals surface area contributed by atoms with Crippen molar-refractivity contribution in [3.05, 3.63) is 35.9 Å². The van der Waals surface area contributed by atoms with Gasteiger partial charge in [-0.3, -0.25) is 0 Å². The minimum absolute atomic E-state index is 0.0443. The lowest BCUT2D eigenvalue weighted by Crippen LogP contribution is -2.45. The molecule has 0 aliphatic heterocycles. The molecular formula is C19H33N3O. The van der Waals surface area contributed by atoms with Gasteiger partial charge in [-0.05, 0) is 32.0 Å². The molecule has 0 aliphatic carbocycles. The first-order chi connectivity index (χ1) is 10.9. The third kappa shape index (κ3) is 7.51. The number of hydrogen-bond acceptors (Lipinski definition) is 2. The molecule has 0 fully saturated rings. The van der Waals surface area contributed by atoms with Gasteiger partial charge in [-0.1, -0.05) is 57.5 Å². The highest BCUT2D eigenvalue weighted by molar-refractivity contribution is 5.74. The smallest absolute Gasteiger partial charge is 0.317 e. The first kappa shape index (κ1) is 19.5. The zero-order chi connectivity index (χ0) is 17.2. The van der Waals surface area contributed by atoms with Gasteiger partial charge in [-0.15, -0.1) is 0 Å². The Labute approximate surface area is 141 Å². The number of benzene rings is 1. The minimum Gasteiger partial charge on any atom is -0.331 e. The van der Waals surface area contributed by atoms with E-state index in [0.29, 0.717) is 5.92 Å². The van der Waals surface area contributed by atoms with E-state index in [-0.39, 0.29) is 12.1 Å². The Morgan fingerprint density at radius 3 is 2.30 bits per heavy atom. The van der Waals surface area contributed by atoms with Crippen LogP contribution in [0.4, 0.5) is 4.79 Å². The molecule has 2 amide bonds. The predicted octanol–water partition coefficient (Wildman–Crippen LogP) is 3.76. The zero-order valence-electron chi connectivity index (χ0n) is 15.4. The standard InChI is InChI=1S/C19H33N3O/c1-6-10-18(17-11-8-7-9-12-17)20-19(23)22(15-16(2)3)14-13-21(4)5/h7-9,11-12,16,18H,6,10,13-15H2,1-5H3,(H,20,23). The molecule has 0 saturated heterocycles. The Morgan fingerprint density at radius 2 is 1.78 bits per heavy atom. The van der Waals surface area contributed by atoms with Crippen molar-refractivity contribution < 1.29 is 4.79 Å². The van der Waals surface area contributed by atoms with E-state index >= 15 is 0 Å². The summed E-state index contributed by atoms with van der Waals surface area (Å²) < 4.78 is 0. The molecule has 4 nitrogen and oxygen atoms in total. The van der Waals surface area contributed by atoms with E-state index in [4.69, 9.17) is 0 Å². The minimum atomic E-state index is 0.0443. The molecule has 1 N–H and O–H groups in total. The summed E-state index contributed by atoms with van der Waals surface area (Å²) in [5.74, 6) is 0.462. The fourth-order valence-electron chi connectivity index (χ4n) is 2.57. The van der Waals surface area contributed by atoms with E-state index in [1.54, 1.807) is 0 Å². The second-order valence-corrected chi connectivity index (χ2v) is 6.84. The van der Waals surface area contributed by atoms with E-state index < -0.39 is 0 Å². The molecule has 1 atom stereocenters. The van der Waals surface area contributed by atoms with Crippen molar-refractivity contribution in [2.75, 3.05) is 33.7 Å². The summed E-state index contributed by atoms with van der Waals surface area (Å²) in [4.78, 5) is 16.8. The molecule has 1 rings (SSSR count). The second-order valence-electron chi connectivity index (χ2n) is 6.84. The number of nitrogens with zero attached hydrogens (tertiary/aromatic N) is 2. The van der Waals surface area contributed by atoms with Crippen molar-refractivity contribution >= 4 is 6.03 Å². The zero-order valence-corrected chi connectivity index (χ0v) is 15.4. The molecule has 0 spiro atoms. The topological polar surface area (TPSA) is 35.6 Å². The first-order valence-electron chi connectivity index (χ1n) is 8.69. The molecule has 1 aromatic carbocycles. The highest BCUT2D eigenvalue weighted by Crippen LogP contribution is 2.18. The van der Waals surface area contributed by atoms with Gasteiger partial charge in [0.25, 0.3) is 0 Å². The Bertz CT molecular complexity index is 445. The van der Waals surface area contributed by atoms with Gasteiger partial charge in [0.2, 0.25) is 0 Å². The van der Waals surface area contributed by atoms with Gasteiger partial charge in [0, 0.05) is 19.6 Å². The molecule has 0 heterocycles. The summed E-state index contributed by atoms with van der Waals surface area (Å²) in [6, 6.07) is 10.4. The van der Waals surface area contributed by atoms with Crippen LogP contribution in [0, 0.1) is 5.92 Å². The van der Waals surface area contributed by atoms with Crippen LogP contribution >= 0.6 is 0 Å². The highest BCUT2D eigenvalue weighted by Gasteiger charge is 2.19. The van der Waals surface area contributed by atoms with Gasteiger partial charge < -0.3 is 15.1 Å². The number of nitrogens with one attached hydrogen (secondary N) is 1. The lowest BCUT2D eigenvalue weighted by Gasteiger charge is -2.29. The molecule has 0 bridgehead atoms. The molecule has 0 aliphatic rings. The average Bonchev–Trinajstić information content (AvgIpc) is 2.51. The third-order valence-electron chi connectivity index (χ3n) is 3.77. The molecule has 0 aromatic heterocycles. The maximum absolute atomic E-state index is 12.7. The molecule has 23 heavy (non-hydrogen) atoms. The number of urea groups is 1. The Morgan fingerprint density at radius 1 is 1.13 bits per heavy atom. The van der Waals surface area contributed by atoms with Crippen LogP contribution in [0.1, 0.15) is 45.2 Å². The SMILES string of the molecule is CCCC(NC(=O)N(CCN(C)C)CC(C)C)c1ccccc1. The Hall–Kier alpha value is -1.55. The second kappa shape index (κ2) is 10.3. The molecule has 130 valence electrons. The van der Waals surface area contributed by atoms with Gasteiger partial charge in [-0.2, -0.15) is 0 Å². The van der Waals surface area contributed by atoms with E-state index in [1.807, 2.05) is 37.2 Å². The highest BCUT2D eigenvalue weighted by atomic mass is 16.2. The quantitative estimate of drug-likeness (QED) is 0.752. The normalized spacial score (nSPS) is 12.5. The van der Waals surface area contributed by atoms with Gasteiger partial charge in [0.05, 0.1) is 6.04 Å². The van der Waals surface area contributed by atoms with Crippen molar-refractivity contribution in [2.45, 2.75) is 39.7 Å². The molecule has 1 aromatic rings. The number of carbonyl (C=O) groups excluding carboxylic acids is 1. The molecule has 0 saturated carbocycles. The number of likely N-dealkylation sites (N-methyl/N-ethyl adjacent to an activating group) is 1. The van der Waals surface area contributed by atoms with Crippen molar-refractivity contribution in [1.82, 2.24) is 15.1 Å². The van der Waals surface area contributed by atoms with Crippen LogP contribution in [-0.2, 0) is 0 Å². The summed E-state index contributed by atoms with van der Waals surface area (Å²) in [5.41, 5.74) is 1.18.